The topological polar surface area (TPSA) is 66.9 Å². The second-order valence-corrected chi connectivity index (χ2v) is 5.71. The molecule has 3 aromatic rings. The average Bonchev–Trinajstić information content (AvgIpc) is 2.61. The summed E-state index contributed by atoms with van der Waals surface area (Å²) in [5, 5.41) is 4.84. The van der Waals surface area contributed by atoms with Crippen molar-refractivity contribution in [1.82, 2.24) is 9.97 Å². The minimum absolute atomic E-state index is 0.0244. The van der Waals surface area contributed by atoms with Crippen LogP contribution in [0.1, 0.15) is 5.82 Å². The first-order valence-electron chi connectivity index (χ1n) is 7.97. The molecule has 5 nitrogen and oxygen atoms in total. The lowest BCUT2D eigenvalue weighted by molar-refractivity contribution is -0.167. The molecular weight excluding hydrogens is 357 g/mol. The van der Waals surface area contributed by atoms with E-state index >= 15 is 0 Å². The van der Waals surface area contributed by atoms with Crippen molar-refractivity contribution in [3.8, 4) is 11.3 Å². The number of aromatic nitrogens is 2. The number of nitrogens with zero attached hydrogens (tertiary/aromatic N) is 2. The van der Waals surface area contributed by atoms with Gasteiger partial charge in [0.15, 0.2) is 0 Å². The Bertz CT molecular complexity index is 959. The van der Waals surface area contributed by atoms with Gasteiger partial charge in [-0.1, -0.05) is 36.4 Å². The molecule has 138 valence electrons. The Balaban J connectivity index is 1.83. The number of hydrogen-bond donors (Lipinski definition) is 2. The molecule has 1 aromatic heterocycles. The third-order valence-electron chi connectivity index (χ3n) is 3.56. The molecule has 0 saturated carbocycles. The van der Waals surface area contributed by atoms with Gasteiger partial charge >= 0.3 is 12.1 Å². The Labute approximate surface area is 153 Å². The van der Waals surface area contributed by atoms with Gasteiger partial charge in [0.2, 0.25) is 0 Å². The van der Waals surface area contributed by atoms with Gasteiger partial charge in [0.1, 0.15) is 11.6 Å². The van der Waals surface area contributed by atoms with Crippen molar-refractivity contribution in [2.75, 3.05) is 10.6 Å². The van der Waals surface area contributed by atoms with Gasteiger partial charge in [-0.2, -0.15) is 13.2 Å². The minimum Gasteiger partial charge on any atom is -0.340 e. The first-order chi connectivity index (χ1) is 12.8. The van der Waals surface area contributed by atoms with Crippen molar-refractivity contribution in [1.29, 1.82) is 0 Å². The highest BCUT2D eigenvalue weighted by Gasteiger charge is 2.38. The Morgan fingerprint density at radius 3 is 2.33 bits per heavy atom. The molecule has 2 N–H and O–H groups in total. The average molecular weight is 372 g/mol. The summed E-state index contributed by atoms with van der Waals surface area (Å²) in [4.78, 5) is 19.8. The van der Waals surface area contributed by atoms with Crippen molar-refractivity contribution in [3.05, 3.63) is 66.5 Å². The highest BCUT2D eigenvalue weighted by molar-refractivity contribution is 5.95. The molecular formula is C19H15F3N4O. The van der Waals surface area contributed by atoms with E-state index in [1.54, 1.807) is 19.1 Å². The van der Waals surface area contributed by atoms with Crippen molar-refractivity contribution >= 4 is 23.1 Å². The summed E-state index contributed by atoms with van der Waals surface area (Å²) in [7, 11) is 0. The van der Waals surface area contributed by atoms with Crippen LogP contribution >= 0.6 is 0 Å². The van der Waals surface area contributed by atoms with Crippen LogP contribution in [0, 0.1) is 6.92 Å². The lowest BCUT2D eigenvalue weighted by Gasteiger charge is -2.11. The monoisotopic (exact) mass is 372 g/mol. The maximum absolute atomic E-state index is 12.4. The van der Waals surface area contributed by atoms with Crippen LogP contribution in [0.5, 0.6) is 0 Å². The summed E-state index contributed by atoms with van der Waals surface area (Å²) in [5.74, 6) is -0.995. The van der Waals surface area contributed by atoms with Crippen molar-refractivity contribution in [3.63, 3.8) is 0 Å². The SMILES string of the molecule is Cc1nc(Nc2cccc(NC(=O)C(F)(F)F)c2)cc(-c2ccccc2)n1. The first-order valence-corrected chi connectivity index (χ1v) is 7.97. The van der Waals surface area contributed by atoms with Gasteiger partial charge in [-0.05, 0) is 25.1 Å². The standard InChI is InChI=1S/C19H15F3N4O/c1-12-23-16(13-6-3-2-4-7-13)11-17(24-12)25-14-8-5-9-15(10-14)26-18(27)19(20,21)22/h2-11H,1H3,(H,26,27)(H,23,24,25). The molecule has 0 spiro atoms. The van der Waals surface area contributed by atoms with Gasteiger partial charge in [0.25, 0.3) is 0 Å². The van der Waals surface area contributed by atoms with Crippen LogP contribution in [0.15, 0.2) is 60.7 Å². The van der Waals surface area contributed by atoms with E-state index in [2.05, 4.69) is 15.3 Å². The zero-order chi connectivity index (χ0) is 19.4. The predicted octanol–water partition coefficient (Wildman–Crippen LogP) is 4.70. The molecule has 3 rings (SSSR count). The van der Waals surface area contributed by atoms with Gasteiger partial charge in [0.05, 0.1) is 5.69 Å². The maximum Gasteiger partial charge on any atom is 0.471 e. The number of anilines is 3. The molecule has 1 heterocycles. The van der Waals surface area contributed by atoms with E-state index < -0.39 is 12.1 Å². The van der Waals surface area contributed by atoms with E-state index in [-0.39, 0.29) is 5.69 Å². The lowest BCUT2D eigenvalue weighted by Crippen LogP contribution is -2.29. The minimum atomic E-state index is -4.95. The number of benzene rings is 2. The third kappa shape index (κ3) is 4.81. The lowest BCUT2D eigenvalue weighted by atomic mass is 10.1. The van der Waals surface area contributed by atoms with Crippen LogP contribution in [0.4, 0.5) is 30.4 Å². The Hall–Kier alpha value is -3.42. The maximum atomic E-state index is 12.4. The van der Waals surface area contributed by atoms with E-state index in [4.69, 9.17) is 0 Å². The molecule has 2 aromatic carbocycles. The summed E-state index contributed by atoms with van der Waals surface area (Å²) in [6.07, 6.45) is -4.95. The number of rotatable bonds is 4. The molecule has 0 aliphatic heterocycles. The first kappa shape index (κ1) is 18.4. The van der Waals surface area contributed by atoms with Crippen LogP contribution < -0.4 is 10.6 Å². The van der Waals surface area contributed by atoms with Crippen molar-refractivity contribution in [2.45, 2.75) is 13.1 Å². The van der Waals surface area contributed by atoms with Crippen LogP contribution in [-0.2, 0) is 4.79 Å². The van der Waals surface area contributed by atoms with Gasteiger partial charge < -0.3 is 10.6 Å². The normalized spacial score (nSPS) is 11.1. The highest BCUT2D eigenvalue weighted by atomic mass is 19.4. The molecule has 0 saturated heterocycles. The van der Waals surface area contributed by atoms with Gasteiger partial charge in [-0.15, -0.1) is 0 Å². The summed E-state index contributed by atoms with van der Waals surface area (Å²) in [6, 6.07) is 17.2. The fourth-order valence-electron chi connectivity index (χ4n) is 2.41. The number of nitrogens with one attached hydrogen (secondary N) is 2. The number of amides is 1. The van der Waals surface area contributed by atoms with E-state index in [0.29, 0.717) is 23.0 Å². The van der Waals surface area contributed by atoms with E-state index in [1.165, 1.54) is 18.2 Å². The second kappa shape index (κ2) is 7.45. The quantitative estimate of drug-likeness (QED) is 0.697. The molecule has 0 radical (unpaired) electrons. The molecule has 27 heavy (non-hydrogen) atoms. The fraction of sp³-hybridized carbons (Fsp3) is 0.105. The summed E-state index contributed by atoms with van der Waals surface area (Å²) >= 11 is 0. The zero-order valence-electron chi connectivity index (χ0n) is 14.2. The van der Waals surface area contributed by atoms with Crippen LogP contribution in [0.25, 0.3) is 11.3 Å². The summed E-state index contributed by atoms with van der Waals surface area (Å²) in [6.45, 7) is 1.75. The summed E-state index contributed by atoms with van der Waals surface area (Å²) in [5.41, 5.74) is 2.13. The number of halogens is 3. The largest absolute Gasteiger partial charge is 0.471 e. The van der Waals surface area contributed by atoms with Crippen molar-refractivity contribution < 1.29 is 18.0 Å². The van der Waals surface area contributed by atoms with Crippen LogP contribution in [0.3, 0.4) is 0 Å². The number of alkyl halides is 3. The molecule has 0 aliphatic carbocycles. The Kier molecular flexibility index (Phi) is 5.07. The van der Waals surface area contributed by atoms with E-state index in [0.717, 1.165) is 5.56 Å². The molecule has 0 aliphatic rings. The predicted molar refractivity (Wildman–Crippen MR) is 96.6 cm³/mol. The smallest absolute Gasteiger partial charge is 0.340 e. The van der Waals surface area contributed by atoms with E-state index in [1.807, 2.05) is 35.6 Å². The van der Waals surface area contributed by atoms with Gasteiger partial charge in [-0.3, -0.25) is 4.79 Å². The van der Waals surface area contributed by atoms with Crippen LogP contribution in [0.2, 0.25) is 0 Å². The molecule has 1 amide bonds. The number of carbonyl (C=O) groups excluding carboxylic acids is 1. The Morgan fingerprint density at radius 2 is 1.63 bits per heavy atom. The van der Waals surface area contributed by atoms with Crippen molar-refractivity contribution in [2.24, 2.45) is 0 Å². The molecule has 8 heteroatoms. The third-order valence-corrected chi connectivity index (χ3v) is 3.56. The molecule has 0 unspecified atom stereocenters. The number of carbonyl (C=O) groups is 1. The number of aryl methyl sites for hydroxylation is 1. The molecule has 0 fully saturated rings. The van der Waals surface area contributed by atoms with Gasteiger partial charge in [0, 0.05) is 23.0 Å². The highest BCUT2D eigenvalue weighted by Crippen LogP contribution is 2.24. The molecule has 0 atom stereocenters. The fourth-order valence-corrected chi connectivity index (χ4v) is 2.41. The van der Waals surface area contributed by atoms with E-state index in [9.17, 15) is 18.0 Å². The zero-order valence-corrected chi connectivity index (χ0v) is 14.2. The Morgan fingerprint density at radius 1 is 0.926 bits per heavy atom. The van der Waals surface area contributed by atoms with Crippen LogP contribution in [-0.4, -0.2) is 22.1 Å². The number of hydrogen-bond acceptors (Lipinski definition) is 4. The summed E-state index contributed by atoms with van der Waals surface area (Å²) < 4.78 is 37.2. The van der Waals surface area contributed by atoms with Gasteiger partial charge in [-0.25, -0.2) is 9.97 Å². The second-order valence-electron chi connectivity index (χ2n) is 5.71. The molecule has 0 bridgehead atoms.